The van der Waals surface area contributed by atoms with E-state index in [1.54, 1.807) is 0 Å². The van der Waals surface area contributed by atoms with Crippen molar-refractivity contribution in [2.75, 3.05) is 6.61 Å². The van der Waals surface area contributed by atoms with Crippen LogP contribution in [-0.2, 0) is 0 Å². The molecular weight excluding hydrogens is 112 g/mol. The summed E-state index contributed by atoms with van der Waals surface area (Å²) >= 11 is 0. The lowest BCUT2D eigenvalue weighted by Gasteiger charge is -2.03. The molecule has 1 nitrogen and oxygen atoms in total. The van der Waals surface area contributed by atoms with Crippen LogP contribution in [0.3, 0.4) is 0 Å². The molecule has 0 heterocycles. The first-order valence-corrected chi connectivity index (χ1v) is 3.96. The molecule has 0 bridgehead atoms. The standard InChI is InChI=1S/C8H14O/c9-6-7-1-2-8(5-7)3-4-8/h7,9H,1-6H2/t7-/m0/s1. The molecule has 2 fully saturated rings. The van der Waals surface area contributed by atoms with Crippen LogP contribution in [0.25, 0.3) is 0 Å². The van der Waals surface area contributed by atoms with Crippen LogP contribution in [0.1, 0.15) is 32.1 Å². The van der Waals surface area contributed by atoms with E-state index in [0.29, 0.717) is 12.5 Å². The van der Waals surface area contributed by atoms with E-state index >= 15 is 0 Å². The van der Waals surface area contributed by atoms with E-state index in [1.807, 2.05) is 0 Å². The van der Waals surface area contributed by atoms with Crippen LogP contribution in [0.5, 0.6) is 0 Å². The average molecular weight is 126 g/mol. The average Bonchev–Trinajstić information content (AvgIpc) is 2.44. The van der Waals surface area contributed by atoms with Gasteiger partial charge in [-0.3, -0.25) is 0 Å². The van der Waals surface area contributed by atoms with Crippen LogP contribution in [0, 0.1) is 11.3 Å². The topological polar surface area (TPSA) is 20.2 Å². The molecule has 0 aromatic heterocycles. The summed E-state index contributed by atoms with van der Waals surface area (Å²) in [6, 6.07) is 0. The van der Waals surface area contributed by atoms with E-state index < -0.39 is 0 Å². The fraction of sp³-hybridized carbons (Fsp3) is 1.00. The normalized spacial score (nSPS) is 37.7. The molecule has 1 spiro atoms. The quantitative estimate of drug-likeness (QED) is 0.565. The number of aliphatic hydroxyl groups excluding tert-OH is 1. The Kier molecular flexibility index (Phi) is 1.10. The number of hydrogen-bond acceptors (Lipinski definition) is 1. The van der Waals surface area contributed by atoms with Gasteiger partial charge in [-0.05, 0) is 43.4 Å². The van der Waals surface area contributed by atoms with E-state index in [9.17, 15) is 0 Å². The van der Waals surface area contributed by atoms with Crippen molar-refractivity contribution in [3.8, 4) is 0 Å². The summed E-state index contributed by atoms with van der Waals surface area (Å²) in [6.45, 7) is 0.432. The lowest BCUT2D eigenvalue weighted by molar-refractivity contribution is 0.225. The van der Waals surface area contributed by atoms with E-state index in [2.05, 4.69) is 0 Å². The van der Waals surface area contributed by atoms with Crippen LogP contribution in [-0.4, -0.2) is 11.7 Å². The van der Waals surface area contributed by atoms with Crippen molar-refractivity contribution in [1.82, 2.24) is 0 Å². The van der Waals surface area contributed by atoms with Gasteiger partial charge in [-0.1, -0.05) is 0 Å². The van der Waals surface area contributed by atoms with Gasteiger partial charge in [-0.15, -0.1) is 0 Å². The van der Waals surface area contributed by atoms with E-state index in [-0.39, 0.29) is 0 Å². The number of rotatable bonds is 1. The Labute approximate surface area is 56.1 Å². The molecule has 0 aromatic rings. The second kappa shape index (κ2) is 1.72. The highest BCUT2D eigenvalue weighted by Crippen LogP contribution is 2.59. The van der Waals surface area contributed by atoms with Gasteiger partial charge in [0.25, 0.3) is 0 Å². The van der Waals surface area contributed by atoms with Gasteiger partial charge >= 0.3 is 0 Å². The molecule has 0 saturated heterocycles. The second-order valence-electron chi connectivity index (χ2n) is 3.79. The molecule has 52 valence electrons. The summed E-state index contributed by atoms with van der Waals surface area (Å²) in [4.78, 5) is 0. The molecule has 2 saturated carbocycles. The van der Waals surface area contributed by atoms with Crippen LogP contribution >= 0.6 is 0 Å². The molecule has 2 aliphatic rings. The van der Waals surface area contributed by atoms with Crippen LogP contribution in [0.15, 0.2) is 0 Å². The maximum absolute atomic E-state index is 8.83. The highest BCUT2D eigenvalue weighted by Gasteiger charge is 2.47. The van der Waals surface area contributed by atoms with E-state index in [1.165, 1.54) is 32.1 Å². The first-order chi connectivity index (χ1) is 4.35. The number of hydrogen-bond donors (Lipinski definition) is 1. The Bertz CT molecular complexity index is 116. The molecule has 2 rings (SSSR count). The molecule has 0 radical (unpaired) electrons. The number of aliphatic hydroxyl groups is 1. The van der Waals surface area contributed by atoms with Crippen molar-refractivity contribution in [3.05, 3.63) is 0 Å². The highest BCUT2D eigenvalue weighted by atomic mass is 16.3. The van der Waals surface area contributed by atoms with Gasteiger partial charge in [0.2, 0.25) is 0 Å². The molecule has 1 atom stereocenters. The molecule has 1 N–H and O–H groups in total. The largest absolute Gasteiger partial charge is 0.396 e. The van der Waals surface area contributed by atoms with Gasteiger partial charge in [-0.2, -0.15) is 0 Å². The van der Waals surface area contributed by atoms with Crippen molar-refractivity contribution < 1.29 is 5.11 Å². The summed E-state index contributed by atoms with van der Waals surface area (Å²) in [5.74, 6) is 0.660. The zero-order valence-corrected chi connectivity index (χ0v) is 5.77. The Morgan fingerprint density at radius 3 is 2.44 bits per heavy atom. The summed E-state index contributed by atoms with van der Waals surface area (Å²) < 4.78 is 0. The fourth-order valence-corrected chi connectivity index (χ4v) is 2.11. The zero-order valence-electron chi connectivity index (χ0n) is 5.77. The van der Waals surface area contributed by atoms with Gasteiger partial charge in [0, 0.05) is 6.61 Å². The third-order valence-electron chi connectivity index (χ3n) is 3.02. The van der Waals surface area contributed by atoms with E-state index in [0.717, 1.165) is 5.41 Å². The van der Waals surface area contributed by atoms with Crippen LogP contribution in [0.2, 0.25) is 0 Å². The van der Waals surface area contributed by atoms with Gasteiger partial charge in [0.05, 0.1) is 0 Å². The molecule has 0 unspecified atom stereocenters. The van der Waals surface area contributed by atoms with Gasteiger partial charge in [0.1, 0.15) is 0 Å². The summed E-state index contributed by atoms with van der Waals surface area (Å²) in [6.07, 6.45) is 6.91. The lowest BCUT2D eigenvalue weighted by Crippen LogP contribution is -2.00. The second-order valence-corrected chi connectivity index (χ2v) is 3.79. The molecule has 0 aromatic carbocycles. The zero-order chi connectivity index (χ0) is 6.32. The monoisotopic (exact) mass is 126 g/mol. The maximum Gasteiger partial charge on any atom is 0.0459 e. The highest BCUT2D eigenvalue weighted by molar-refractivity contribution is 4.98. The lowest BCUT2D eigenvalue weighted by atomic mass is 10.0. The minimum atomic E-state index is 0.432. The van der Waals surface area contributed by atoms with Crippen molar-refractivity contribution >= 4 is 0 Å². The predicted octanol–water partition coefficient (Wildman–Crippen LogP) is 1.56. The summed E-state index contributed by atoms with van der Waals surface area (Å²) in [5, 5.41) is 8.83. The summed E-state index contributed by atoms with van der Waals surface area (Å²) in [7, 11) is 0. The fourth-order valence-electron chi connectivity index (χ4n) is 2.11. The van der Waals surface area contributed by atoms with Gasteiger partial charge < -0.3 is 5.11 Å². The summed E-state index contributed by atoms with van der Waals surface area (Å²) in [5.41, 5.74) is 0.757. The van der Waals surface area contributed by atoms with Crippen molar-refractivity contribution in [1.29, 1.82) is 0 Å². The molecular formula is C8H14O. The maximum atomic E-state index is 8.83. The first-order valence-electron chi connectivity index (χ1n) is 3.96. The third-order valence-corrected chi connectivity index (χ3v) is 3.02. The first kappa shape index (κ1) is 5.72. The Morgan fingerprint density at radius 1 is 1.33 bits per heavy atom. The molecule has 9 heavy (non-hydrogen) atoms. The Hall–Kier alpha value is -0.0400. The minimum Gasteiger partial charge on any atom is -0.396 e. The van der Waals surface area contributed by atoms with Crippen molar-refractivity contribution in [2.24, 2.45) is 11.3 Å². The minimum absolute atomic E-state index is 0.432. The molecule has 2 aliphatic carbocycles. The van der Waals surface area contributed by atoms with E-state index in [4.69, 9.17) is 5.11 Å². The predicted molar refractivity (Wildman–Crippen MR) is 36.1 cm³/mol. The molecule has 0 aliphatic heterocycles. The van der Waals surface area contributed by atoms with Crippen molar-refractivity contribution in [2.45, 2.75) is 32.1 Å². The third kappa shape index (κ3) is 0.877. The van der Waals surface area contributed by atoms with Crippen LogP contribution < -0.4 is 0 Å². The smallest absolute Gasteiger partial charge is 0.0459 e. The molecule has 0 amide bonds. The van der Waals surface area contributed by atoms with Crippen molar-refractivity contribution in [3.63, 3.8) is 0 Å². The molecule has 1 heteroatoms. The Balaban J connectivity index is 1.93. The SMILES string of the molecule is OC[C@H]1CCC2(CC2)C1. The van der Waals surface area contributed by atoms with Crippen LogP contribution in [0.4, 0.5) is 0 Å². The van der Waals surface area contributed by atoms with Gasteiger partial charge in [-0.25, -0.2) is 0 Å². The van der Waals surface area contributed by atoms with Gasteiger partial charge in [0.15, 0.2) is 0 Å². The Morgan fingerprint density at radius 2 is 2.11 bits per heavy atom.